The largest absolute Gasteiger partial charge is 0.483 e. The molecule has 134 valence electrons. The van der Waals surface area contributed by atoms with Gasteiger partial charge in [-0.2, -0.15) is 5.10 Å². The zero-order chi connectivity index (χ0) is 18.4. The number of nitrogens with zero attached hydrogens (tertiary/aromatic N) is 2. The Bertz CT molecular complexity index is 755. The molecule has 2 N–H and O–H groups in total. The van der Waals surface area contributed by atoms with Gasteiger partial charge in [-0.25, -0.2) is 0 Å². The second-order valence-electron chi connectivity index (χ2n) is 5.70. The summed E-state index contributed by atoms with van der Waals surface area (Å²) >= 11 is 0. The molecule has 0 fully saturated rings. The summed E-state index contributed by atoms with van der Waals surface area (Å²) in [5.41, 5.74) is 2.19. The normalized spacial score (nSPS) is 11.7. The number of hydrogen-bond acceptors (Lipinski definition) is 4. The van der Waals surface area contributed by atoms with E-state index < -0.39 is 0 Å². The predicted octanol–water partition coefficient (Wildman–Crippen LogP) is 1.73. The molecule has 1 aromatic heterocycles. The molecule has 0 saturated heterocycles. The number of aromatic nitrogens is 2. The van der Waals surface area contributed by atoms with Crippen molar-refractivity contribution in [2.75, 3.05) is 13.7 Å². The lowest BCUT2D eigenvalue weighted by molar-refractivity contribution is -0.122. The van der Waals surface area contributed by atoms with Crippen LogP contribution in [-0.4, -0.2) is 35.2 Å². The Hall–Kier alpha value is -2.83. The summed E-state index contributed by atoms with van der Waals surface area (Å²) < 4.78 is 7.27. The summed E-state index contributed by atoms with van der Waals surface area (Å²) in [5, 5.41) is 9.65. The van der Waals surface area contributed by atoms with Crippen molar-refractivity contribution in [2.45, 2.75) is 26.3 Å². The lowest BCUT2D eigenvalue weighted by atomic mass is 10.0. The Morgan fingerprint density at radius 2 is 2.04 bits per heavy atom. The summed E-state index contributed by atoms with van der Waals surface area (Å²) in [6.45, 7) is 3.76. The van der Waals surface area contributed by atoms with Crippen molar-refractivity contribution in [3.63, 3.8) is 0 Å². The monoisotopic (exact) mass is 344 g/mol. The molecule has 2 amide bonds. The van der Waals surface area contributed by atoms with Gasteiger partial charge >= 0.3 is 0 Å². The highest BCUT2D eigenvalue weighted by molar-refractivity contribution is 5.95. The van der Waals surface area contributed by atoms with Gasteiger partial charge in [-0.15, -0.1) is 0 Å². The second kappa shape index (κ2) is 8.32. The molecule has 0 bridgehead atoms. The molecular weight excluding hydrogens is 320 g/mol. The average Bonchev–Trinajstić information content (AvgIpc) is 2.96. The fraction of sp³-hybridized carbons (Fsp3) is 0.389. The van der Waals surface area contributed by atoms with Crippen molar-refractivity contribution in [1.82, 2.24) is 20.4 Å². The van der Waals surface area contributed by atoms with E-state index in [0.29, 0.717) is 17.7 Å². The zero-order valence-electron chi connectivity index (χ0n) is 15.0. The van der Waals surface area contributed by atoms with Crippen molar-refractivity contribution in [3.05, 3.63) is 47.3 Å². The molecule has 2 rings (SSSR count). The maximum atomic E-state index is 12.6. The van der Waals surface area contributed by atoms with Gasteiger partial charge in [0.15, 0.2) is 6.61 Å². The highest BCUT2D eigenvalue weighted by Gasteiger charge is 2.20. The number of rotatable bonds is 7. The number of hydrogen-bond donors (Lipinski definition) is 2. The number of likely N-dealkylation sites (N-methyl/N-ethyl adjacent to an activating group) is 1. The third-order valence-corrected chi connectivity index (χ3v) is 4.13. The Morgan fingerprint density at radius 3 is 2.64 bits per heavy atom. The van der Waals surface area contributed by atoms with E-state index >= 15 is 0 Å². The van der Waals surface area contributed by atoms with Gasteiger partial charge < -0.3 is 15.4 Å². The van der Waals surface area contributed by atoms with Crippen molar-refractivity contribution in [1.29, 1.82) is 0 Å². The lowest BCUT2D eigenvalue weighted by Crippen LogP contribution is -2.29. The highest BCUT2D eigenvalue weighted by atomic mass is 16.5. The van der Waals surface area contributed by atoms with Gasteiger partial charge in [0.05, 0.1) is 17.8 Å². The molecule has 1 atom stereocenters. The van der Waals surface area contributed by atoms with Crippen LogP contribution < -0.4 is 15.4 Å². The molecule has 0 aliphatic heterocycles. The average molecular weight is 344 g/mol. The van der Waals surface area contributed by atoms with Crippen molar-refractivity contribution in [2.24, 2.45) is 7.05 Å². The predicted molar refractivity (Wildman–Crippen MR) is 94.4 cm³/mol. The second-order valence-corrected chi connectivity index (χ2v) is 5.70. The van der Waals surface area contributed by atoms with Crippen LogP contribution in [0.25, 0.3) is 0 Å². The first kappa shape index (κ1) is 18.5. The maximum absolute atomic E-state index is 12.6. The molecule has 0 spiro atoms. The number of aryl methyl sites for hydroxylation is 1. The van der Waals surface area contributed by atoms with E-state index in [1.165, 1.54) is 0 Å². The molecule has 0 saturated carbocycles. The van der Waals surface area contributed by atoms with Crippen LogP contribution >= 0.6 is 0 Å². The smallest absolute Gasteiger partial charge is 0.257 e. The van der Waals surface area contributed by atoms with E-state index in [4.69, 9.17) is 4.74 Å². The number of benzene rings is 1. The van der Waals surface area contributed by atoms with Gasteiger partial charge in [-0.05, 0) is 19.4 Å². The minimum atomic E-state index is -0.229. The standard InChI is InChI=1S/C18H24N4O3/c1-5-15(21-18(24)14-10-20-22(4)12(14)2)13-8-6-7-9-16(13)25-11-17(23)19-3/h6-10,15H,5,11H2,1-4H3,(H,19,23)(H,21,24)/t15-/m1/s1. The number of carbonyl (C=O) groups excluding carboxylic acids is 2. The number of amides is 2. The first-order chi connectivity index (χ1) is 12.0. The quantitative estimate of drug-likeness (QED) is 0.801. The lowest BCUT2D eigenvalue weighted by Gasteiger charge is -2.20. The molecule has 0 aliphatic carbocycles. The van der Waals surface area contributed by atoms with Gasteiger partial charge in [0.2, 0.25) is 0 Å². The molecule has 0 radical (unpaired) electrons. The molecule has 0 aliphatic rings. The highest BCUT2D eigenvalue weighted by Crippen LogP contribution is 2.27. The maximum Gasteiger partial charge on any atom is 0.257 e. The SMILES string of the molecule is CC[C@@H](NC(=O)c1cnn(C)c1C)c1ccccc1OCC(=O)NC. The van der Waals surface area contributed by atoms with E-state index in [2.05, 4.69) is 15.7 Å². The van der Waals surface area contributed by atoms with E-state index in [-0.39, 0.29) is 24.5 Å². The summed E-state index contributed by atoms with van der Waals surface area (Å²) in [4.78, 5) is 24.0. The summed E-state index contributed by atoms with van der Waals surface area (Å²) in [7, 11) is 3.36. The van der Waals surface area contributed by atoms with Crippen LogP contribution in [0.5, 0.6) is 5.75 Å². The molecule has 0 unspecified atom stereocenters. The molecule has 1 heterocycles. The summed E-state index contributed by atoms with van der Waals surface area (Å²) in [6.07, 6.45) is 2.25. The van der Waals surface area contributed by atoms with Crippen LogP contribution in [0.2, 0.25) is 0 Å². The first-order valence-corrected chi connectivity index (χ1v) is 8.19. The van der Waals surface area contributed by atoms with Crippen molar-refractivity contribution < 1.29 is 14.3 Å². The van der Waals surface area contributed by atoms with Gasteiger partial charge in [0.25, 0.3) is 11.8 Å². The van der Waals surface area contributed by atoms with E-state index in [1.807, 2.05) is 32.0 Å². The summed E-state index contributed by atoms with van der Waals surface area (Å²) in [5.74, 6) is 0.192. The number of para-hydroxylation sites is 1. The number of nitrogens with one attached hydrogen (secondary N) is 2. The van der Waals surface area contributed by atoms with E-state index in [9.17, 15) is 9.59 Å². The molecule has 1 aromatic carbocycles. The van der Waals surface area contributed by atoms with Crippen LogP contribution in [0.4, 0.5) is 0 Å². The third-order valence-electron chi connectivity index (χ3n) is 4.13. The third kappa shape index (κ3) is 4.37. The van der Waals surface area contributed by atoms with Crippen LogP contribution in [0.3, 0.4) is 0 Å². The van der Waals surface area contributed by atoms with E-state index in [1.54, 1.807) is 31.0 Å². The summed E-state index contributed by atoms with van der Waals surface area (Å²) in [6, 6.07) is 7.17. The number of carbonyl (C=O) groups is 2. The van der Waals surface area contributed by atoms with Gasteiger partial charge in [-0.3, -0.25) is 14.3 Å². The molecule has 25 heavy (non-hydrogen) atoms. The Morgan fingerprint density at radius 1 is 1.32 bits per heavy atom. The minimum Gasteiger partial charge on any atom is -0.483 e. The zero-order valence-corrected chi connectivity index (χ0v) is 15.0. The fourth-order valence-electron chi connectivity index (χ4n) is 2.47. The molecular formula is C18H24N4O3. The van der Waals surface area contributed by atoms with Gasteiger partial charge in [0, 0.05) is 25.4 Å². The Balaban J connectivity index is 2.18. The molecule has 2 aromatic rings. The van der Waals surface area contributed by atoms with Crippen LogP contribution in [-0.2, 0) is 11.8 Å². The van der Waals surface area contributed by atoms with Gasteiger partial charge in [0.1, 0.15) is 5.75 Å². The molecule has 7 nitrogen and oxygen atoms in total. The van der Waals surface area contributed by atoms with Crippen molar-refractivity contribution in [3.8, 4) is 5.75 Å². The minimum absolute atomic E-state index is 0.0698. The molecule has 7 heteroatoms. The van der Waals surface area contributed by atoms with E-state index in [0.717, 1.165) is 11.3 Å². The van der Waals surface area contributed by atoms with Crippen LogP contribution in [0, 0.1) is 6.92 Å². The van der Waals surface area contributed by atoms with Crippen LogP contribution in [0.15, 0.2) is 30.5 Å². The van der Waals surface area contributed by atoms with Gasteiger partial charge in [-0.1, -0.05) is 25.1 Å². The fourth-order valence-corrected chi connectivity index (χ4v) is 2.47. The number of ether oxygens (including phenoxy) is 1. The van der Waals surface area contributed by atoms with Crippen LogP contribution in [0.1, 0.15) is 41.0 Å². The Kier molecular flexibility index (Phi) is 6.16. The topological polar surface area (TPSA) is 85.2 Å². The van der Waals surface area contributed by atoms with Crippen molar-refractivity contribution >= 4 is 11.8 Å². The Labute approximate surface area is 147 Å². The first-order valence-electron chi connectivity index (χ1n) is 8.19.